The van der Waals surface area contributed by atoms with Crippen molar-refractivity contribution in [1.82, 2.24) is 4.57 Å². The normalized spacial score (nSPS) is 12.6. The molecule has 160 valence electrons. The predicted molar refractivity (Wildman–Crippen MR) is 104 cm³/mol. The van der Waals surface area contributed by atoms with Crippen LogP contribution in [0.4, 0.5) is 26.3 Å². The van der Waals surface area contributed by atoms with Crippen LogP contribution in [-0.2, 0) is 18.9 Å². The van der Waals surface area contributed by atoms with Gasteiger partial charge >= 0.3 is 12.4 Å². The molecule has 0 bridgehead atoms. The van der Waals surface area contributed by atoms with E-state index in [0.717, 1.165) is 24.3 Å². The van der Waals surface area contributed by atoms with Crippen LogP contribution in [0.15, 0.2) is 60.7 Å². The second-order valence-corrected chi connectivity index (χ2v) is 7.07. The Kier molecular flexibility index (Phi) is 4.72. The molecular formula is C22H14F6N2O. The quantitative estimate of drug-likeness (QED) is 0.395. The zero-order chi connectivity index (χ0) is 22.6. The minimum absolute atomic E-state index is 0.00165. The zero-order valence-corrected chi connectivity index (χ0v) is 15.7. The molecular weight excluding hydrogens is 422 g/mol. The van der Waals surface area contributed by atoms with Crippen molar-refractivity contribution < 1.29 is 31.1 Å². The summed E-state index contributed by atoms with van der Waals surface area (Å²) in [5.74, 6) is -0.737. The maximum Gasteiger partial charge on any atom is 0.416 e. The first-order valence-electron chi connectivity index (χ1n) is 9.05. The fourth-order valence-corrected chi connectivity index (χ4v) is 3.68. The van der Waals surface area contributed by atoms with Gasteiger partial charge in [0.1, 0.15) is 0 Å². The number of hydrogen-bond donors (Lipinski definition) is 1. The number of nitrogens with two attached hydrogens (primary N) is 1. The Morgan fingerprint density at radius 1 is 0.806 bits per heavy atom. The number of nitrogens with zero attached hydrogens (tertiary/aromatic N) is 1. The van der Waals surface area contributed by atoms with Crippen LogP contribution in [0.25, 0.3) is 21.8 Å². The van der Waals surface area contributed by atoms with Gasteiger partial charge in [-0.15, -0.1) is 0 Å². The van der Waals surface area contributed by atoms with Crippen molar-refractivity contribution in [2.24, 2.45) is 5.73 Å². The fourth-order valence-electron chi connectivity index (χ4n) is 3.68. The molecule has 4 rings (SSSR count). The summed E-state index contributed by atoms with van der Waals surface area (Å²) in [5, 5.41) is 0.787. The third-order valence-corrected chi connectivity index (χ3v) is 5.11. The summed E-state index contributed by atoms with van der Waals surface area (Å²) in [4.78, 5) is 11.9. The molecule has 0 saturated heterocycles. The number of carbonyl (C=O) groups is 1. The molecule has 1 heterocycles. The van der Waals surface area contributed by atoms with E-state index in [4.69, 9.17) is 5.73 Å². The van der Waals surface area contributed by atoms with Crippen molar-refractivity contribution in [3.05, 3.63) is 82.9 Å². The molecule has 0 saturated carbocycles. The summed E-state index contributed by atoms with van der Waals surface area (Å²) in [5.41, 5.74) is 4.99. The molecule has 3 nitrogen and oxygen atoms in total. The lowest BCUT2D eigenvalue weighted by Crippen LogP contribution is -2.11. The van der Waals surface area contributed by atoms with Crippen molar-refractivity contribution >= 4 is 27.7 Å². The maximum atomic E-state index is 13.3. The highest BCUT2D eigenvalue weighted by Crippen LogP contribution is 2.37. The number of alkyl halides is 6. The number of rotatable bonds is 3. The Morgan fingerprint density at radius 3 is 2.00 bits per heavy atom. The molecule has 0 atom stereocenters. The van der Waals surface area contributed by atoms with E-state index in [2.05, 4.69) is 0 Å². The van der Waals surface area contributed by atoms with E-state index < -0.39 is 29.4 Å². The lowest BCUT2D eigenvalue weighted by Gasteiger charge is -2.11. The molecule has 9 heteroatoms. The SMILES string of the molecule is NC(=O)c1cccc2c1c1ccc(C(F)(F)F)cc1n2Cc1ccc(C(F)(F)F)cc1. The summed E-state index contributed by atoms with van der Waals surface area (Å²) >= 11 is 0. The van der Waals surface area contributed by atoms with E-state index >= 15 is 0 Å². The van der Waals surface area contributed by atoms with Crippen LogP contribution in [0.3, 0.4) is 0 Å². The van der Waals surface area contributed by atoms with E-state index in [-0.39, 0.29) is 17.6 Å². The van der Waals surface area contributed by atoms with Gasteiger partial charge in [0, 0.05) is 22.9 Å². The van der Waals surface area contributed by atoms with Gasteiger partial charge in [-0.2, -0.15) is 26.3 Å². The second-order valence-electron chi connectivity index (χ2n) is 7.07. The van der Waals surface area contributed by atoms with Gasteiger partial charge < -0.3 is 10.3 Å². The van der Waals surface area contributed by atoms with Crippen LogP contribution in [-0.4, -0.2) is 10.5 Å². The molecule has 3 aromatic carbocycles. The largest absolute Gasteiger partial charge is 0.416 e. The Balaban J connectivity index is 1.95. The number of primary amides is 1. The van der Waals surface area contributed by atoms with Crippen LogP contribution in [0.5, 0.6) is 0 Å². The molecule has 2 N–H and O–H groups in total. The first kappa shape index (κ1) is 20.8. The van der Waals surface area contributed by atoms with E-state index in [0.29, 0.717) is 21.9 Å². The summed E-state index contributed by atoms with van der Waals surface area (Å²) in [6.45, 7) is 0.00165. The van der Waals surface area contributed by atoms with Crippen molar-refractivity contribution in [3.8, 4) is 0 Å². The van der Waals surface area contributed by atoms with Crippen LogP contribution < -0.4 is 5.73 Å². The van der Waals surface area contributed by atoms with Crippen LogP contribution >= 0.6 is 0 Å². The van der Waals surface area contributed by atoms with Gasteiger partial charge in [0.2, 0.25) is 5.91 Å². The van der Waals surface area contributed by atoms with Gasteiger partial charge in [-0.25, -0.2) is 0 Å². The molecule has 0 unspecified atom stereocenters. The van der Waals surface area contributed by atoms with Gasteiger partial charge in [0.15, 0.2) is 0 Å². The first-order chi connectivity index (χ1) is 14.5. The third-order valence-electron chi connectivity index (χ3n) is 5.11. The summed E-state index contributed by atoms with van der Waals surface area (Å²) in [7, 11) is 0. The lowest BCUT2D eigenvalue weighted by atomic mass is 10.0. The molecule has 0 fully saturated rings. The highest BCUT2D eigenvalue weighted by Gasteiger charge is 2.32. The minimum Gasteiger partial charge on any atom is -0.366 e. The standard InChI is InChI=1S/C22H14F6N2O/c23-21(24,25)13-6-4-12(5-7-13)11-30-17-3-1-2-16(20(29)31)19(17)15-9-8-14(10-18(15)30)22(26,27)28/h1-10H,11H2,(H2,29,31). The number of hydrogen-bond acceptors (Lipinski definition) is 1. The number of halogens is 6. The van der Waals surface area contributed by atoms with Crippen molar-refractivity contribution in [2.45, 2.75) is 18.9 Å². The highest BCUT2D eigenvalue weighted by atomic mass is 19.4. The number of aromatic nitrogens is 1. The van der Waals surface area contributed by atoms with Gasteiger partial charge in [-0.3, -0.25) is 4.79 Å². The summed E-state index contributed by atoms with van der Waals surface area (Å²) in [6, 6.07) is 12.2. The molecule has 0 aliphatic heterocycles. The molecule has 0 spiro atoms. The molecule has 0 aliphatic carbocycles. The monoisotopic (exact) mass is 436 g/mol. The summed E-state index contributed by atoms with van der Waals surface area (Å²) in [6.07, 6.45) is -9.08. The van der Waals surface area contributed by atoms with Gasteiger partial charge in [0.05, 0.1) is 22.2 Å². The van der Waals surface area contributed by atoms with Crippen molar-refractivity contribution in [2.75, 3.05) is 0 Å². The molecule has 0 aliphatic rings. The van der Waals surface area contributed by atoms with E-state index in [1.54, 1.807) is 12.1 Å². The average molecular weight is 436 g/mol. The van der Waals surface area contributed by atoms with Crippen LogP contribution in [0.2, 0.25) is 0 Å². The van der Waals surface area contributed by atoms with Gasteiger partial charge in [0.25, 0.3) is 0 Å². The number of carbonyl (C=O) groups excluding carboxylic acids is 1. The predicted octanol–water partition coefficient (Wildman–Crippen LogP) is 5.98. The average Bonchev–Trinajstić information content (AvgIpc) is 3.00. The number of benzene rings is 3. The Morgan fingerprint density at radius 2 is 1.42 bits per heavy atom. The highest BCUT2D eigenvalue weighted by molar-refractivity contribution is 6.18. The smallest absolute Gasteiger partial charge is 0.366 e. The molecule has 1 amide bonds. The van der Waals surface area contributed by atoms with Gasteiger partial charge in [-0.1, -0.05) is 24.3 Å². The lowest BCUT2D eigenvalue weighted by molar-refractivity contribution is -0.138. The molecule has 31 heavy (non-hydrogen) atoms. The molecule has 1 aromatic heterocycles. The number of fused-ring (bicyclic) bond motifs is 3. The van der Waals surface area contributed by atoms with Gasteiger partial charge in [-0.05, 0) is 42.0 Å². The van der Waals surface area contributed by atoms with Crippen LogP contribution in [0.1, 0.15) is 27.0 Å². The van der Waals surface area contributed by atoms with E-state index in [9.17, 15) is 31.1 Å². The Hall–Kier alpha value is -3.49. The third kappa shape index (κ3) is 3.71. The van der Waals surface area contributed by atoms with E-state index in [1.807, 2.05) is 0 Å². The van der Waals surface area contributed by atoms with Crippen LogP contribution in [0, 0.1) is 0 Å². The molecule has 0 radical (unpaired) electrons. The summed E-state index contributed by atoms with van der Waals surface area (Å²) < 4.78 is 80.0. The topological polar surface area (TPSA) is 48.0 Å². The maximum absolute atomic E-state index is 13.3. The fraction of sp³-hybridized carbons (Fsp3) is 0.136. The molecule has 4 aromatic rings. The van der Waals surface area contributed by atoms with Crippen molar-refractivity contribution in [1.29, 1.82) is 0 Å². The Bertz CT molecular complexity index is 1300. The number of amides is 1. The first-order valence-corrected chi connectivity index (χ1v) is 9.05. The minimum atomic E-state index is -4.59. The van der Waals surface area contributed by atoms with E-state index in [1.165, 1.54) is 28.8 Å². The zero-order valence-electron chi connectivity index (χ0n) is 15.7. The Labute approximate surface area is 171 Å². The second kappa shape index (κ2) is 7.04. The van der Waals surface area contributed by atoms with Crippen molar-refractivity contribution in [3.63, 3.8) is 0 Å².